The van der Waals surface area contributed by atoms with Crippen LogP contribution in [-0.4, -0.2) is 34.7 Å². The average Bonchev–Trinajstić information content (AvgIpc) is 2.30. The minimum Gasteiger partial charge on any atom is -0.393 e. The Hall–Kier alpha value is -0.410. The lowest BCUT2D eigenvalue weighted by Crippen LogP contribution is -2.28. The summed E-state index contributed by atoms with van der Waals surface area (Å²) in [4.78, 5) is 4.56. The van der Waals surface area contributed by atoms with Gasteiger partial charge in [-0.2, -0.15) is 0 Å². The zero-order valence-corrected chi connectivity index (χ0v) is 9.89. The third-order valence-electron chi connectivity index (χ3n) is 3.92. The lowest BCUT2D eigenvalue weighted by Gasteiger charge is -2.26. The Morgan fingerprint density at radius 2 is 1.56 bits per heavy atom. The van der Waals surface area contributed by atoms with Crippen LogP contribution in [0.3, 0.4) is 0 Å². The summed E-state index contributed by atoms with van der Waals surface area (Å²) in [6.45, 7) is 0. The van der Waals surface area contributed by atoms with E-state index < -0.39 is 0 Å². The summed E-state index contributed by atoms with van der Waals surface area (Å²) in [5.74, 6) is 0.525. The number of hydrogen-bond acceptors (Lipinski definition) is 3. The van der Waals surface area contributed by atoms with Crippen LogP contribution in [0.2, 0.25) is 0 Å². The molecular formula is C13H23NO2. The Morgan fingerprint density at radius 1 is 0.875 bits per heavy atom. The maximum atomic E-state index is 9.79. The van der Waals surface area contributed by atoms with Gasteiger partial charge in [0.1, 0.15) is 0 Å². The number of aliphatic hydroxyl groups is 2. The van der Waals surface area contributed by atoms with Gasteiger partial charge in [0, 0.05) is 6.21 Å². The quantitative estimate of drug-likeness (QED) is 0.705. The topological polar surface area (TPSA) is 52.8 Å². The molecule has 0 saturated heterocycles. The van der Waals surface area contributed by atoms with E-state index >= 15 is 0 Å². The first-order valence-electron chi connectivity index (χ1n) is 6.65. The predicted molar refractivity (Wildman–Crippen MR) is 64.7 cm³/mol. The Balaban J connectivity index is 1.79. The second kappa shape index (κ2) is 5.78. The minimum atomic E-state index is -0.223. The van der Waals surface area contributed by atoms with Crippen molar-refractivity contribution >= 4 is 6.21 Å². The first kappa shape index (κ1) is 12.1. The lowest BCUT2D eigenvalue weighted by atomic mass is 9.88. The van der Waals surface area contributed by atoms with Gasteiger partial charge in [-0.3, -0.25) is 4.99 Å². The molecule has 3 heteroatoms. The molecule has 2 rings (SSSR count). The van der Waals surface area contributed by atoms with Gasteiger partial charge in [-0.15, -0.1) is 0 Å². The molecule has 0 heterocycles. The van der Waals surface area contributed by atoms with Crippen molar-refractivity contribution in [3.63, 3.8) is 0 Å². The number of aliphatic hydroxyl groups excluding tert-OH is 2. The Kier molecular flexibility index (Phi) is 4.36. The highest BCUT2D eigenvalue weighted by atomic mass is 16.3. The minimum absolute atomic E-state index is 0.0927. The molecular weight excluding hydrogens is 202 g/mol. The van der Waals surface area contributed by atoms with Gasteiger partial charge in [0.15, 0.2) is 0 Å². The standard InChI is InChI=1S/C13H23NO2/c15-11-7-5-10(6-8-11)9-14-12-3-1-2-4-13(12)16/h9-13,15-16H,1-8H2. The van der Waals surface area contributed by atoms with E-state index in [0.717, 1.165) is 44.9 Å². The number of aliphatic imine (C=N–C) groups is 1. The van der Waals surface area contributed by atoms with Crippen molar-refractivity contribution < 1.29 is 10.2 Å². The van der Waals surface area contributed by atoms with E-state index in [-0.39, 0.29) is 18.2 Å². The zero-order chi connectivity index (χ0) is 11.4. The molecule has 0 spiro atoms. The van der Waals surface area contributed by atoms with Gasteiger partial charge in [0.25, 0.3) is 0 Å². The number of hydrogen-bond donors (Lipinski definition) is 2. The maximum Gasteiger partial charge on any atom is 0.0763 e. The Labute approximate surface area is 97.6 Å². The van der Waals surface area contributed by atoms with Crippen LogP contribution in [0, 0.1) is 5.92 Å². The molecule has 0 aromatic heterocycles. The number of nitrogens with zero attached hydrogens (tertiary/aromatic N) is 1. The van der Waals surface area contributed by atoms with Gasteiger partial charge in [0.2, 0.25) is 0 Å². The maximum absolute atomic E-state index is 9.79. The van der Waals surface area contributed by atoms with Crippen LogP contribution >= 0.6 is 0 Å². The van der Waals surface area contributed by atoms with Crippen molar-refractivity contribution in [1.82, 2.24) is 0 Å². The zero-order valence-electron chi connectivity index (χ0n) is 9.89. The van der Waals surface area contributed by atoms with Gasteiger partial charge in [-0.05, 0) is 44.4 Å². The van der Waals surface area contributed by atoms with E-state index in [4.69, 9.17) is 0 Å². The van der Waals surface area contributed by atoms with Crippen molar-refractivity contribution in [3.05, 3.63) is 0 Å². The van der Waals surface area contributed by atoms with E-state index in [1.165, 1.54) is 6.42 Å². The van der Waals surface area contributed by atoms with E-state index in [9.17, 15) is 10.2 Å². The van der Waals surface area contributed by atoms with Gasteiger partial charge in [-0.1, -0.05) is 12.8 Å². The summed E-state index contributed by atoms with van der Waals surface area (Å²) >= 11 is 0. The molecule has 0 aliphatic heterocycles. The highest BCUT2D eigenvalue weighted by Crippen LogP contribution is 2.25. The molecule has 2 atom stereocenters. The largest absolute Gasteiger partial charge is 0.393 e. The smallest absolute Gasteiger partial charge is 0.0763 e. The van der Waals surface area contributed by atoms with Crippen LogP contribution < -0.4 is 0 Å². The van der Waals surface area contributed by atoms with Crippen LogP contribution in [0.1, 0.15) is 51.4 Å². The van der Waals surface area contributed by atoms with Crippen molar-refractivity contribution in [2.24, 2.45) is 10.9 Å². The molecule has 0 amide bonds. The van der Waals surface area contributed by atoms with Crippen molar-refractivity contribution in [2.45, 2.75) is 69.6 Å². The molecule has 2 fully saturated rings. The molecule has 16 heavy (non-hydrogen) atoms. The van der Waals surface area contributed by atoms with Gasteiger partial charge < -0.3 is 10.2 Å². The Morgan fingerprint density at radius 3 is 2.25 bits per heavy atom. The Bertz CT molecular complexity index is 234. The summed E-state index contributed by atoms with van der Waals surface area (Å²) in [6, 6.07) is 0.139. The fourth-order valence-corrected chi connectivity index (χ4v) is 2.75. The molecule has 2 unspecified atom stereocenters. The van der Waals surface area contributed by atoms with Crippen LogP contribution in [0.15, 0.2) is 4.99 Å². The first-order chi connectivity index (χ1) is 7.75. The van der Waals surface area contributed by atoms with E-state index in [1.54, 1.807) is 0 Å². The van der Waals surface area contributed by atoms with E-state index in [1.807, 2.05) is 6.21 Å². The van der Waals surface area contributed by atoms with E-state index in [2.05, 4.69) is 4.99 Å². The van der Waals surface area contributed by atoms with Crippen LogP contribution in [0.5, 0.6) is 0 Å². The molecule has 0 aromatic rings. The molecule has 2 aliphatic carbocycles. The third-order valence-corrected chi connectivity index (χ3v) is 3.92. The summed E-state index contributed by atoms with van der Waals surface area (Å²) in [5, 5.41) is 19.2. The summed E-state index contributed by atoms with van der Waals surface area (Å²) in [6.07, 6.45) is 9.92. The van der Waals surface area contributed by atoms with Gasteiger partial charge in [0.05, 0.1) is 18.2 Å². The van der Waals surface area contributed by atoms with Crippen molar-refractivity contribution in [3.8, 4) is 0 Å². The normalized spacial score (nSPS) is 41.4. The molecule has 0 radical (unpaired) electrons. The predicted octanol–water partition coefficient (Wildman–Crippen LogP) is 1.91. The SMILES string of the molecule is OC1CCC(C=NC2CCCCC2O)CC1. The highest BCUT2D eigenvalue weighted by Gasteiger charge is 2.23. The molecule has 0 aromatic carbocycles. The molecule has 3 nitrogen and oxygen atoms in total. The first-order valence-corrected chi connectivity index (χ1v) is 6.65. The van der Waals surface area contributed by atoms with Crippen LogP contribution in [0.4, 0.5) is 0 Å². The lowest BCUT2D eigenvalue weighted by molar-refractivity contribution is 0.108. The molecule has 2 N–H and O–H groups in total. The van der Waals surface area contributed by atoms with Crippen molar-refractivity contribution in [2.75, 3.05) is 0 Å². The second-order valence-corrected chi connectivity index (χ2v) is 5.29. The van der Waals surface area contributed by atoms with Gasteiger partial charge in [-0.25, -0.2) is 0 Å². The molecule has 92 valence electrons. The monoisotopic (exact) mass is 225 g/mol. The third kappa shape index (κ3) is 3.29. The molecule has 2 saturated carbocycles. The second-order valence-electron chi connectivity index (χ2n) is 5.29. The summed E-state index contributed by atoms with van der Waals surface area (Å²) < 4.78 is 0. The summed E-state index contributed by atoms with van der Waals surface area (Å²) in [5.41, 5.74) is 0. The van der Waals surface area contributed by atoms with Crippen LogP contribution in [0.25, 0.3) is 0 Å². The van der Waals surface area contributed by atoms with E-state index in [0.29, 0.717) is 5.92 Å². The highest BCUT2D eigenvalue weighted by molar-refractivity contribution is 5.61. The number of rotatable bonds is 2. The molecule has 2 aliphatic rings. The molecule has 0 bridgehead atoms. The summed E-state index contributed by atoms with van der Waals surface area (Å²) in [7, 11) is 0. The van der Waals surface area contributed by atoms with Gasteiger partial charge >= 0.3 is 0 Å². The van der Waals surface area contributed by atoms with Crippen LogP contribution in [-0.2, 0) is 0 Å². The van der Waals surface area contributed by atoms with Crippen molar-refractivity contribution in [1.29, 1.82) is 0 Å². The fourth-order valence-electron chi connectivity index (χ4n) is 2.75. The average molecular weight is 225 g/mol. The fraction of sp³-hybridized carbons (Fsp3) is 0.923.